The van der Waals surface area contributed by atoms with Crippen LogP contribution in [0.15, 0.2) is 59.1 Å². The zero-order valence-corrected chi connectivity index (χ0v) is 13.1. The van der Waals surface area contributed by atoms with Crippen molar-refractivity contribution in [2.24, 2.45) is 0 Å². The van der Waals surface area contributed by atoms with Gasteiger partial charge in [0.25, 0.3) is 0 Å². The van der Waals surface area contributed by atoms with Crippen molar-refractivity contribution in [1.82, 2.24) is 4.90 Å². The molecule has 19 heavy (non-hydrogen) atoms. The number of alkyl halides is 1. The lowest BCUT2D eigenvalue weighted by molar-refractivity contribution is 0.272. The minimum Gasteiger partial charge on any atom is -0.294 e. The highest BCUT2D eigenvalue weighted by molar-refractivity contribution is 9.10. The Balaban J connectivity index is 2.06. The highest BCUT2D eigenvalue weighted by Crippen LogP contribution is 2.19. The highest BCUT2D eigenvalue weighted by atomic mass is 79.9. The van der Waals surface area contributed by atoms with E-state index in [1.807, 2.05) is 12.1 Å². The van der Waals surface area contributed by atoms with Gasteiger partial charge in [0.2, 0.25) is 0 Å². The average molecular weight is 339 g/mol. The second kappa shape index (κ2) is 7.68. The van der Waals surface area contributed by atoms with E-state index in [4.69, 9.17) is 11.6 Å². The van der Waals surface area contributed by atoms with Crippen LogP contribution in [0.1, 0.15) is 11.1 Å². The Labute approximate surface area is 128 Å². The van der Waals surface area contributed by atoms with E-state index < -0.39 is 0 Å². The summed E-state index contributed by atoms with van der Waals surface area (Å²) >= 11 is 9.52. The third kappa shape index (κ3) is 4.64. The molecule has 0 aliphatic carbocycles. The van der Waals surface area contributed by atoms with Crippen molar-refractivity contribution in [3.8, 4) is 0 Å². The Morgan fingerprint density at radius 3 is 2.26 bits per heavy atom. The first-order chi connectivity index (χ1) is 9.29. The lowest BCUT2D eigenvalue weighted by Gasteiger charge is -2.22. The van der Waals surface area contributed by atoms with Gasteiger partial charge in [-0.05, 0) is 17.2 Å². The molecular formula is C16H17BrClN. The minimum absolute atomic E-state index is 0.650. The maximum Gasteiger partial charge on any atom is 0.0351 e. The number of halogens is 2. The SMILES string of the molecule is ClCCN(Cc1ccccc1)Cc1ccccc1Br. The molecule has 0 unspecified atom stereocenters. The van der Waals surface area contributed by atoms with Crippen LogP contribution in [-0.4, -0.2) is 17.3 Å². The Kier molecular flexibility index (Phi) is 5.90. The van der Waals surface area contributed by atoms with Gasteiger partial charge in [-0.2, -0.15) is 0 Å². The Morgan fingerprint density at radius 1 is 0.895 bits per heavy atom. The van der Waals surface area contributed by atoms with Crippen LogP contribution in [0.2, 0.25) is 0 Å². The summed E-state index contributed by atoms with van der Waals surface area (Å²) in [6.07, 6.45) is 0. The topological polar surface area (TPSA) is 3.24 Å². The Hall–Kier alpha value is -0.830. The summed E-state index contributed by atoms with van der Waals surface area (Å²) in [6, 6.07) is 18.8. The van der Waals surface area contributed by atoms with Crippen LogP contribution < -0.4 is 0 Å². The molecule has 0 amide bonds. The molecule has 0 aliphatic heterocycles. The van der Waals surface area contributed by atoms with Gasteiger partial charge in [-0.1, -0.05) is 64.5 Å². The average Bonchev–Trinajstić information content (AvgIpc) is 2.43. The maximum atomic E-state index is 5.92. The molecular weight excluding hydrogens is 322 g/mol. The molecule has 0 aliphatic rings. The predicted octanol–water partition coefficient (Wildman–Crippen LogP) is 4.69. The monoisotopic (exact) mass is 337 g/mol. The molecule has 0 radical (unpaired) electrons. The number of benzene rings is 2. The van der Waals surface area contributed by atoms with Crippen LogP contribution in [0.5, 0.6) is 0 Å². The Bertz CT molecular complexity index is 501. The molecule has 0 fully saturated rings. The van der Waals surface area contributed by atoms with Crippen molar-refractivity contribution in [3.63, 3.8) is 0 Å². The first kappa shape index (κ1) is 14.6. The summed E-state index contributed by atoms with van der Waals surface area (Å²) < 4.78 is 1.16. The molecule has 0 heterocycles. The zero-order valence-electron chi connectivity index (χ0n) is 10.7. The van der Waals surface area contributed by atoms with Gasteiger partial charge in [0.05, 0.1) is 0 Å². The van der Waals surface area contributed by atoms with Gasteiger partial charge in [-0.3, -0.25) is 4.90 Å². The third-order valence-electron chi connectivity index (χ3n) is 3.00. The van der Waals surface area contributed by atoms with Gasteiger partial charge in [0, 0.05) is 30.0 Å². The zero-order chi connectivity index (χ0) is 13.5. The summed E-state index contributed by atoms with van der Waals surface area (Å²) in [5, 5.41) is 0. The lowest BCUT2D eigenvalue weighted by atomic mass is 10.1. The molecule has 2 aromatic carbocycles. The van der Waals surface area contributed by atoms with Crippen LogP contribution in [0.3, 0.4) is 0 Å². The largest absolute Gasteiger partial charge is 0.294 e. The van der Waals surface area contributed by atoms with Gasteiger partial charge in [0.1, 0.15) is 0 Å². The molecule has 2 rings (SSSR count). The molecule has 0 aromatic heterocycles. The quantitative estimate of drug-likeness (QED) is 0.691. The van der Waals surface area contributed by atoms with E-state index in [0.717, 1.165) is 24.1 Å². The van der Waals surface area contributed by atoms with Crippen LogP contribution in [0.25, 0.3) is 0 Å². The van der Waals surface area contributed by atoms with Crippen molar-refractivity contribution in [1.29, 1.82) is 0 Å². The number of rotatable bonds is 6. The summed E-state index contributed by atoms with van der Waals surface area (Å²) in [4.78, 5) is 2.36. The Morgan fingerprint density at radius 2 is 1.58 bits per heavy atom. The maximum absolute atomic E-state index is 5.92. The lowest BCUT2D eigenvalue weighted by Crippen LogP contribution is -2.25. The van der Waals surface area contributed by atoms with Crippen LogP contribution in [-0.2, 0) is 13.1 Å². The molecule has 100 valence electrons. The normalized spacial score (nSPS) is 10.9. The predicted molar refractivity (Wildman–Crippen MR) is 85.4 cm³/mol. The van der Waals surface area contributed by atoms with Crippen molar-refractivity contribution < 1.29 is 0 Å². The summed E-state index contributed by atoms with van der Waals surface area (Å²) in [7, 11) is 0. The molecule has 3 heteroatoms. The van der Waals surface area contributed by atoms with Crippen molar-refractivity contribution in [3.05, 3.63) is 70.2 Å². The first-order valence-corrected chi connectivity index (χ1v) is 7.68. The van der Waals surface area contributed by atoms with E-state index in [-0.39, 0.29) is 0 Å². The standard InChI is InChI=1S/C16H17BrClN/c17-16-9-5-4-8-15(16)13-19(11-10-18)12-14-6-2-1-3-7-14/h1-9H,10-13H2. The second-order valence-electron chi connectivity index (χ2n) is 4.48. The summed E-state index contributed by atoms with van der Waals surface area (Å²) in [5.74, 6) is 0.650. The van der Waals surface area contributed by atoms with Gasteiger partial charge in [0.15, 0.2) is 0 Å². The minimum atomic E-state index is 0.650. The number of nitrogens with zero attached hydrogens (tertiary/aromatic N) is 1. The second-order valence-corrected chi connectivity index (χ2v) is 5.71. The van der Waals surface area contributed by atoms with Gasteiger partial charge < -0.3 is 0 Å². The van der Waals surface area contributed by atoms with Gasteiger partial charge in [-0.15, -0.1) is 11.6 Å². The molecule has 0 atom stereocenters. The molecule has 0 spiro atoms. The highest BCUT2D eigenvalue weighted by Gasteiger charge is 2.08. The molecule has 0 bridgehead atoms. The van der Waals surface area contributed by atoms with Gasteiger partial charge in [-0.25, -0.2) is 0 Å². The fraction of sp³-hybridized carbons (Fsp3) is 0.250. The van der Waals surface area contributed by atoms with Crippen molar-refractivity contribution in [2.75, 3.05) is 12.4 Å². The van der Waals surface area contributed by atoms with Crippen LogP contribution in [0.4, 0.5) is 0 Å². The molecule has 2 aromatic rings. The van der Waals surface area contributed by atoms with Crippen molar-refractivity contribution >= 4 is 27.5 Å². The van der Waals surface area contributed by atoms with E-state index >= 15 is 0 Å². The van der Waals surface area contributed by atoms with E-state index in [1.165, 1.54) is 11.1 Å². The molecule has 0 saturated carbocycles. The van der Waals surface area contributed by atoms with E-state index in [9.17, 15) is 0 Å². The van der Waals surface area contributed by atoms with E-state index in [0.29, 0.717) is 5.88 Å². The molecule has 0 N–H and O–H groups in total. The van der Waals surface area contributed by atoms with E-state index in [1.54, 1.807) is 0 Å². The first-order valence-electron chi connectivity index (χ1n) is 6.35. The van der Waals surface area contributed by atoms with Crippen molar-refractivity contribution in [2.45, 2.75) is 13.1 Å². The fourth-order valence-electron chi connectivity index (χ4n) is 2.04. The van der Waals surface area contributed by atoms with E-state index in [2.05, 4.69) is 63.3 Å². The summed E-state index contributed by atoms with van der Waals surface area (Å²) in [5.41, 5.74) is 2.61. The number of hydrogen-bond donors (Lipinski definition) is 0. The summed E-state index contributed by atoms with van der Waals surface area (Å²) in [6.45, 7) is 2.72. The smallest absolute Gasteiger partial charge is 0.0351 e. The molecule has 1 nitrogen and oxygen atoms in total. The fourth-order valence-corrected chi connectivity index (χ4v) is 2.69. The van der Waals surface area contributed by atoms with Crippen LogP contribution >= 0.6 is 27.5 Å². The van der Waals surface area contributed by atoms with Gasteiger partial charge >= 0.3 is 0 Å². The number of hydrogen-bond acceptors (Lipinski definition) is 1. The molecule has 0 saturated heterocycles. The third-order valence-corrected chi connectivity index (χ3v) is 3.94. The van der Waals surface area contributed by atoms with Crippen LogP contribution in [0, 0.1) is 0 Å².